The van der Waals surface area contributed by atoms with Crippen LogP contribution in [0, 0.1) is 0 Å². The fourth-order valence-corrected chi connectivity index (χ4v) is 3.84. The molecule has 0 saturated heterocycles. The van der Waals surface area contributed by atoms with Crippen LogP contribution < -0.4 is 0 Å². The highest BCUT2D eigenvalue weighted by molar-refractivity contribution is 9.10. The van der Waals surface area contributed by atoms with Crippen molar-refractivity contribution in [1.29, 1.82) is 0 Å². The van der Waals surface area contributed by atoms with Crippen molar-refractivity contribution in [2.24, 2.45) is 0 Å². The smallest absolute Gasteiger partial charge is 0.191 e. The molecule has 0 amide bonds. The topological polar surface area (TPSA) is 48.0 Å². The van der Waals surface area contributed by atoms with Gasteiger partial charge in [-0.3, -0.25) is 0 Å². The maximum Gasteiger partial charge on any atom is 0.191 e. The summed E-state index contributed by atoms with van der Waals surface area (Å²) in [6.07, 6.45) is 4.07. The van der Waals surface area contributed by atoms with Crippen LogP contribution in [-0.4, -0.2) is 24.1 Å². The van der Waals surface area contributed by atoms with Crippen LogP contribution in [-0.2, 0) is 12.3 Å². The minimum absolute atomic E-state index is 0.764. The van der Waals surface area contributed by atoms with Crippen molar-refractivity contribution in [3.63, 3.8) is 0 Å². The molecule has 0 spiro atoms. The van der Waals surface area contributed by atoms with E-state index in [0.29, 0.717) is 0 Å². The van der Waals surface area contributed by atoms with Gasteiger partial charge >= 0.3 is 0 Å². The molecule has 0 N–H and O–H groups in total. The Morgan fingerprint density at radius 1 is 1.08 bits per heavy atom. The maximum atomic E-state index is 4.64. The van der Waals surface area contributed by atoms with E-state index < -0.39 is 0 Å². The van der Waals surface area contributed by atoms with Gasteiger partial charge < -0.3 is 8.97 Å². The molecule has 0 bridgehead atoms. The van der Waals surface area contributed by atoms with Crippen LogP contribution in [0.3, 0.4) is 0 Å². The summed E-state index contributed by atoms with van der Waals surface area (Å²) < 4.78 is 5.23. The second-order valence-electron chi connectivity index (χ2n) is 5.54. The van der Waals surface area contributed by atoms with Gasteiger partial charge in [-0.15, -0.1) is 10.2 Å². The first-order chi connectivity index (χ1) is 12.2. The lowest BCUT2D eigenvalue weighted by Crippen LogP contribution is -1.99. The first-order valence-corrected chi connectivity index (χ1v) is 9.77. The fourth-order valence-electron chi connectivity index (χ4n) is 2.69. The normalized spacial score (nSPS) is 11.3. The number of rotatable bonds is 5. The summed E-state index contributed by atoms with van der Waals surface area (Å²) in [6.45, 7) is 2.94. The van der Waals surface area contributed by atoms with Crippen LogP contribution in [0.15, 0.2) is 64.5 Å². The Balaban J connectivity index is 1.57. The van der Waals surface area contributed by atoms with E-state index >= 15 is 0 Å². The van der Waals surface area contributed by atoms with Crippen LogP contribution >= 0.6 is 27.7 Å². The highest BCUT2D eigenvalue weighted by Crippen LogP contribution is 2.27. The summed E-state index contributed by atoms with van der Waals surface area (Å²) in [5.41, 5.74) is 3.06. The van der Waals surface area contributed by atoms with Gasteiger partial charge in [0.2, 0.25) is 0 Å². The molecule has 3 aromatic heterocycles. The Labute approximate surface area is 158 Å². The van der Waals surface area contributed by atoms with Gasteiger partial charge in [-0.25, -0.2) is 4.98 Å². The fraction of sp³-hybridized carbons (Fsp3) is 0.167. The summed E-state index contributed by atoms with van der Waals surface area (Å²) in [6, 6.07) is 14.2. The molecule has 0 fully saturated rings. The predicted molar refractivity (Wildman–Crippen MR) is 104 cm³/mol. The Bertz CT molecular complexity index is 973. The molecule has 5 nitrogen and oxygen atoms in total. The molecule has 0 aliphatic heterocycles. The van der Waals surface area contributed by atoms with Crippen molar-refractivity contribution in [3.8, 4) is 11.4 Å². The number of pyridine rings is 1. The molecule has 0 aliphatic rings. The summed E-state index contributed by atoms with van der Waals surface area (Å²) in [5, 5.41) is 9.69. The number of hydrogen-bond donors (Lipinski definition) is 0. The molecule has 0 unspecified atom stereocenters. The molecule has 4 aromatic rings. The van der Waals surface area contributed by atoms with Crippen molar-refractivity contribution < 1.29 is 0 Å². The van der Waals surface area contributed by atoms with Gasteiger partial charge in [0.05, 0.1) is 5.69 Å². The van der Waals surface area contributed by atoms with E-state index in [1.807, 2.05) is 40.9 Å². The third kappa shape index (κ3) is 3.34. The van der Waals surface area contributed by atoms with Crippen LogP contribution in [0.5, 0.6) is 0 Å². The third-order valence-corrected chi connectivity index (χ3v) is 5.43. The zero-order chi connectivity index (χ0) is 17.2. The summed E-state index contributed by atoms with van der Waals surface area (Å²) in [4.78, 5) is 4.64. The largest absolute Gasteiger partial charge is 0.307 e. The molecule has 0 atom stereocenters. The van der Waals surface area contributed by atoms with E-state index in [1.54, 1.807) is 11.8 Å². The monoisotopic (exact) mass is 413 g/mol. The Kier molecular flexibility index (Phi) is 4.59. The first-order valence-electron chi connectivity index (χ1n) is 7.99. The second-order valence-corrected chi connectivity index (χ2v) is 7.40. The molecule has 126 valence electrons. The number of aromatic nitrogens is 5. The highest BCUT2D eigenvalue weighted by Gasteiger charge is 2.14. The van der Waals surface area contributed by atoms with E-state index in [1.165, 1.54) is 0 Å². The SMILES string of the molecule is CCn1c(SCc2cn3ccccc3n2)nnc1-c1ccc(Br)cc1. The number of hydrogen-bond acceptors (Lipinski definition) is 4. The molecular formula is C18H16BrN5S. The lowest BCUT2D eigenvalue weighted by atomic mass is 10.2. The lowest BCUT2D eigenvalue weighted by Gasteiger charge is -2.06. The second kappa shape index (κ2) is 7.01. The van der Waals surface area contributed by atoms with E-state index in [-0.39, 0.29) is 0 Å². The number of nitrogens with zero attached hydrogens (tertiary/aromatic N) is 5. The minimum atomic E-state index is 0.764. The van der Waals surface area contributed by atoms with Gasteiger partial charge in [0.25, 0.3) is 0 Å². The first kappa shape index (κ1) is 16.4. The number of imidazole rings is 1. The van der Waals surface area contributed by atoms with E-state index in [2.05, 4.69) is 60.9 Å². The third-order valence-electron chi connectivity index (χ3n) is 3.90. The highest BCUT2D eigenvalue weighted by atomic mass is 79.9. The summed E-state index contributed by atoms with van der Waals surface area (Å²) in [7, 11) is 0. The number of benzene rings is 1. The summed E-state index contributed by atoms with van der Waals surface area (Å²) in [5.74, 6) is 1.66. The standard InChI is InChI=1S/C18H16BrN5S/c1-2-24-17(13-6-8-14(19)9-7-13)21-22-18(24)25-12-15-11-23-10-4-3-5-16(23)20-15/h3-11H,2,12H2,1H3. The predicted octanol–water partition coefficient (Wildman–Crippen LogP) is 4.67. The van der Waals surface area contributed by atoms with Crippen LogP contribution in [0.1, 0.15) is 12.6 Å². The Morgan fingerprint density at radius 2 is 1.92 bits per heavy atom. The average molecular weight is 414 g/mol. The quantitative estimate of drug-likeness (QED) is 0.446. The van der Waals surface area contributed by atoms with Gasteiger partial charge in [-0.2, -0.15) is 0 Å². The molecule has 3 heterocycles. The maximum absolute atomic E-state index is 4.64. The van der Waals surface area contributed by atoms with Crippen molar-refractivity contribution in [2.75, 3.05) is 0 Å². The zero-order valence-corrected chi connectivity index (χ0v) is 16.0. The zero-order valence-electron chi connectivity index (χ0n) is 13.6. The van der Waals surface area contributed by atoms with Crippen LogP contribution in [0.25, 0.3) is 17.0 Å². The van der Waals surface area contributed by atoms with Crippen molar-refractivity contribution in [2.45, 2.75) is 24.4 Å². The summed E-state index contributed by atoms with van der Waals surface area (Å²) >= 11 is 5.13. The lowest BCUT2D eigenvalue weighted by molar-refractivity contribution is 0.687. The molecule has 25 heavy (non-hydrogen) atoms. The van der Waals surface area contributed by atoms with E-state index in [4.69, 9.17) is 0 Å². The molecule has 0 radical (unpaired) electrons. The van der Waals surface area contributed by atoms with Crippen LogP contribution in [0.2, 0.25) is 0 Å². The van der Waals surface area contributed by atoms with Gasteiger partial charge in [-0.05, 0) is 31.2 Å². The molecule has 1 aromatic carbocycles. The molecule has 4 rings (SSSR count). The van der Waals surface area contributed by atoms with Gasteiger partial charge in [-0.1, -0.05) is 45.9 Å². The van der Waals surface area contributed by atoms with E-state index in [9.17, 15) is 0 Å². The number of halogens is 1. The van der Waals surface area contributed by atoms with Crippen molar-refractivity contribution >= 4 is 33.3 Å². The molecule has 7 heteroatoms. The van der Waals surface area contributed by atoms with Gasteiger partial charge in [0.1, 0.15) is 5.65 Å². The molecule has 0 aliphatic carbocycles. The van der Waals surface area contributed by atoms with E-state index in [0.717, 1.165) is 44.7 Å². The van der Waals surface area contributed by atoms with Crippen molar-refractivity contribution in [3.05, 3.63) is 65.0 Å². The van der Waals surface area contributed by atoms with Crippen molar-refractivity contribution in [1.82, 2.24) is 24.1 Å². The average Bonchev–Trinajstić information content (AvgIpc) is 3.23. The van der Waals surface area contributed by atoms with Crippen LogP contribution in [0.4, 0.5) is 0 Å². The van der Waals surface area contributed by atoms with Gasteiger partial charge in [0, 0.05) is 34.7 Å². The van der Waals surface area contributed by atoms with Gasteiger partial charge in [0.15, 0.2) is 11.0 Å². The minimum Gasteiger partial charge on any atom is -0.307 e. The molecule has 0 saturated carbocycles. The number of fused-ring (bicyclic) bond motifs is 1. The Morgan fingerprint density at radius 3 is 2.68 bits per heavy atom. The Hall–Kier alpha value is -2.12. The molecular weight excluding hydrogens is 398 g/mol. The number of thioether (sulfide) groups is 1.